The zero-order chi connectivity index (χ0) is 15.8. The fraction of sp³-hybridized carbons (Fsp3) is 0.727. The van der Waals surface area contributed by atoms with Crippen molar-refractivity contribution in [3.05, 3.63) is 18.0 Å². The second-order valence-corrected chi connectivity index (χ2v) is 5.04. The summed E-state index contributed by atoms with van der Waals surface area (Å²) in [5.74, 6) is 0. The first kappa shape index (κ1) is 16.2. The van der Waals surface area contributed by atoms with Gasteiger partial charge in [-0.15, -0.1) is 0 Å². The van der Waals surface area contributed by atoms with Crippen LogP contribution < -0.4 is 11.5 Å². The highest BCUT2D eigenvalue weighted by atomic mass is 19.4. The maximum atomic E-state index is 12.4. The third-order valence-electron chi connectivity index (χ3n) is 3.42. The summed E-state index contributed by atoms with van der Waals surface area (Å²) in [6.45, 7) is -0.326. The topological polar surface area (TPSA) is 120 Å². The molecule has 2 rings (SSSR count). The number of alkyl halides is 3. The molecule has 1 fully saturated rings. The highest BCUT2D eigenvalue weighted by Gasteiger charge is 2.41. The van der Waals surface area contributed by atoms with Gasteiger partial charge in [-0.1, -0.05) is 0 Å². The second kappa shape index (κ2) is 5.89. The number of nitrogens with zero attached hydrogens (tertiary/aromatic N) is 2. The van der Waals surface area contributed by atoms with Gasteiger partial charge >= 0.3 is 6.18 Å². The van der Waals surface area contributed by atoms with E-state index in [1.807, 2.05) is 0 Å². The predicted molar refractivity (Wildman–Crippen MR) is 64.7 cm³/mol. The van der Waals surface area contributed by atoms with Gasteiger partial charge in [0.15, 0.2) is 5.69 Å². The number of hydrogen-bond acceptors (Lipinski definition) is 6. The summed E-state index contributed by atoms with van der Waals surface area (Å²) >= 11 is 0. The standard InChI is InChI=1S/C11H17F3N4O3/c12-11(13,14)7-1-2-18(17-7)4-21-10-6(16)3-5(15)8(19)9(10)20/h1-2,5-6,8-10,19-20H,3-4,15-16H2/t5-,6+,8+,9-,10-/m0/s1. The summed E-state index contributed by atoms with van der Waals surface area (Å²) in [7, 11) is 0. The lowest BCUT2D eigenvalue weighted by atomic mass is 9.85. The van der Waals surface area contributed by atoms with E-state index in [1.165, 1.54) is 0 Å². The number of nitrogens with two attached hydrogens (primary N) is 2. The highest BCUT2D eigenvalue weighted by Crippen LogP contribution is 2.27. The van der Waals surface area contributed by atoms with E-state index in [-0.39, 0.29) is 13.2 Å². The molecule has 0 amide bonds. The predicted octanol–water partition coefficient (Wildman–Crippen LogP) is -0.975. The van der Waals surface area contributed by atoms with Crippen molar-refractivity contribution in [2.24, 2.45) is 11.5 Å². The van der Waals surface area contributed by atoms with Crippen LogP contribution >= 0.6 is 0 Å². The van der Waals surface area contributed by atoms with Gasteiger partial charge in [0, 0.05) is 18.3 Å². The Bertz CT molecular complexity index is 482. The van der Waals surface area contributed by atoms with Gasteiger partial charge in [-0.3, -0.25) is 0 Å². The van der Waals surface area contributed by atoms with E-state index in [0.717, 1.165) is 16.9 Å². The summed E-state index contributed by atoms with van der Waals surface area (Å²) in [5.41, 5.74) is 10.3. The smallest absolute Gasteiger partial charge is 0.389 e. The Morgan fingerprint density at radius 1 is 1.29 bits per heavy atom. The zero-order valence-electron chi connectivity index (χ0n) is 10.9. The van der Waals surface area contributed by atoms with Crippen molar-refractivity contribution in [1.29, 1.82) is 0 Å². The number of rotatable bonds is 3. The van der Waals surface area contributed by atoms with E-state index in [0.29, 0.717) is 0 Å². The molecule has 6 N–H and O–H groups in total. The average Bonchev–Trinajstić information content (AvgIpc) is 2.84. The SMILES string of the molecule is N[C@@H]1C[C@H](N)[C@@H](O)[C@H](O)[C@H]1OCn1ccc(C(F)(F)F)n1. The molecule has 21 heavy (non-hydrogen) atoms. The van der Waals surface area contributed by atoms with Gasteiger partial charge in [0.25, 0.3) is 0 Å². The maximum Gasteiger partial charge on any atom is 0.435 e. The Morgan fingerprint density at radius 2 is 1.95 bits per heavy atom. The summed E-state index contributed by atoms with van der Waals surface area (Å²) in [6, 6.07) is -0.488. The van der Waals surface area contributed by atoms with Gasteiger partial charge < -0.3 is 26.4 Å². The first-order chi connectivity index (χ1) is 9.70. The molecule has 1 aliphatic rings. The van der Waals surface area contributed by atoms with Crippen molar-refractivity contribution in [2.75, 3.05) is 0 Å². The van der Waals surface area contributed by atoms with E-state index in [2.05, 4.69) is 5.10 Å². The fourth-order valence-electron chi connectivity index (χ4n) is 2.26. The summed E-state index contributed by atoms with van der Waals surface area (Å²) < 4.78 is 43.4. The number of hydrogen-bond donors (Lipinski definition) is 4. The molecule has 120 valence electrons. The van der Waals surface area contributed by atoms with Gasteiger partial charge in [0.05, 0.1) is 6.10 Å². The molecule has 0 bridgehead atoms. The fourth-order valence-corrected chi connectivity index (χ4v) is 2.26. The van der Waals surface area contributed by atoms with Gasteiger partial charge in [-0.05, 0) is 12.5 Å². The number of aliphatic hydroxyl groups excluding tert-OH is 2. The van der Waals surface area contributed by atoms with Gasteiger partial charge in [0.1, 0.15) is 18.9 Å². The Kier molecular flexibility index (Phi) is 4.54. The van der Waals surface area contributed by atoms with Crippen LogP contribution in [0.4, 0.5) is 13.2 Å². The van der Waals surface area contributed by atoms with E-state index >= 15 is 0 Å². The lowest BCUT2D eigenvalue weighted by Gasteiger charge is -2.39. The van der Waals surface area contributed by atoms with Crippen LogP contribution in [-0.2, 0) is 17.6 Å². The van der Waals surface area contributed by atoms with Crippen LogP contribution in [0.15, 0.2) is 12.3 Å². The van der Waals surface area contributed by atoms with Crippen LogP contribution in [0.1, 0.15) is 12.1 Å². The molecule has 1 aliphatic carbocycles. The molecule has 0 aromatic carbocycles. The highest BCUT2D eigenvalue weighted by molar-refractivity contribution is 5.03. The minimum absolute atomic E-state index is 0.232. The molecule has 0 aliphatic heterocycles. The minimum atomic E-state index is -4.53. The molecule has 0 radical (unpaired) electrons. The van der Waals surface area contributed by atoms with Gasteiger partial charge in [-0.2, -0.15) is 18.3 Å². The minimum Gasteiger partial charge on any atom is -0.389 e. The molecule has 5 atom stereocenters. The quantitative estimate of drug-likeness (QED) is 0.570. The van der Waals surface area contributed by atoms with E-state index in [1.54, 1.807) is 0 Å². The lowest BCUT2D eigenvalue weighted by molar-refractivity contribution is -0.147. The van der Waals surface area contributed by atoms with Gasteiger partial charge in [-0.25, -0.2) is 4.68 Å². The molecule has 0 spiro atoms. The Morgan fingerprint density at radius 3 is 2.52 bits per heavy atom. The van der Waals surface area contributed by atoms with Crippen LogP contribution in [0.3, 0.4) is 0 Å². The summed E-state index contributed by atoms with van der Waals surface area (Å²) in [5, 5.41) is 22.8. The number of aromatic nitrogens is 2. The van der Waals surface area contributed by atoms with E-state index in [9.17, 15) is 23.4 Å². The van der Waals surface area contributed by atoms with Crippen molar-refractivity contribution in [1.82, 2.24) is 9.78 Å². The molecular formula is C11H17F3N4O3. The van der Waals surface area contributed by atoms with Crippen LogP contribution in [-0.4, -0.2) is 50.4 Å². The molecular weight excluding hydrogens is 293 g/mol. The molecule has 1 saturated carbocycles. The van der Waals surface area contributed by atoms with Crippen molar-refractivity contribution in [3.8, 4) is 0 Å². The lowest BCUT2D eigenvalue weighted by Crippen LogP contribution is -2.62. The van der Waals surface area contributed by atoms with Crippen LogP contribution in [0.2, 0.25) is 0 Å². The zero-order valence-corrected chi connectivity index (χ0v) is 10.9. The average molecular weight is 310 g/mol. The van der Waals surface area contributed by atoms with Crippen molar-refractivity contribution >= 4 is 0 Å². The Balaban J connectivity index is 1.97. The normalized spacial score (nSPS) is 34.1. The third kappa shape index (κ3) is 3.52. The molecule has 7 nitrogen and oxygen atoms in total. The summed E-state index contributed by atoms with van der Waals surface area (Å²) in [4.78, 5) is 0. The largest absolute Gasteiger partial charge is 0.435 e. The maximum absolute atomic E-state index is 12.4. The van der Waals surface area contributed by atoms with Crippen molar-refractivity contribution < 1.29 is 28.1 Å². The van der Waals surface area contributed by atoms with Crippen molar-refractivity contribution in [2.45, 2.75) is 49.7 Å². The van der Waals surface area contributed by atoms with Crippen molar-refractivity contribution in [3.63, 3.8) is 0 Å². The monoisotopic (exact) mass is 310 g/mol. The third-order valence-corrected chi connectivity index (χ3v) is 3.42. The summed E-state index contributed by atoms with van der Waals surface area (Å²) in [6.07, 6.45) is -6.63. The van der Waals surface area contributed by atoms with Crippen LogP contribution in [0.25, 0.3) is 0 Å². The second-order valence-electron chi connectivity index (χ2n) is 5.04. The molecule has 0 saturated heterocycles. The first-order valence-electron chi connectivity index (χ1n) is 6.29. The molecule has 10 heteroatoms. The number of halogens is 3. The van der Waals surface area contributed by atoms with E-state index in [4.69, 9.17) is 16.2 Å². The molecule has 0 unspecified atom stereocenters. The first-order valence-corrected chi connectivity index (χ1v) is 6.29. The van der Waals surface area contributed by atoms with Crippen LogP contribution in [0, 0.1) is 0 Å². The molecule has 1 aromatic heterocycles. The Labute approximate surface area is 118 Å². The Hall–Kier alpha value is -1.20. The molecule has 1 heterocycles. The molecule has 1 aromatic rings. The number of ether oxygens (including phenoxy) is 1. The van der Waals surface area contributed by atoms with Gasteiger partial charge in [0.2, 0.25) is 0 Å². The number of aliphatic hydroxyl groups is 2. The van der Waals surface area contributed by atoms with E-state index < -0.39 is 42.3 Å². The van der Waals surface area contributed by atoms with Crippen LogP contribution in [0.5, 0.6) is 0 Å².